The highest BCUT2D eigenvalue weighted by atomic mass is 16.5. The highest BCUT2D eigenvalue weighted by molar-refractivity contribution is 5.86. The van der Waals surface area contributed by atoms with Crippen molar-refractivity contribution in [1.82, 2.24) is 0 Å². The fraction of sp³-hybridized carbons (Fsp3) is 0.381. The summed E-state index contributed by atoms with van der Waals surface area (Å²) in [5.74, 6) is 0.535. The Hall–Kier alpha value is -2.53. The lowest BCUT2D eigenvalue weighted by Gasteiger charge is -2.13. The van der Waals surface area contributed by atoms with E-state index in [-0.39, 0.29) is 0 Å². The number of carbonyl (C=O) groups excluding carboxylic acids is 1. The zero-order chi connectivity index (χ0) is 18.9. The summed E-state index contributed by atoms with van der Waals surface area (Å²) in [5.41, 5.74) is 10.9. The molecule has 0 fully saturated rings. The molecule has 26 heavy (non-hydrogen) atoms. The average molecular weight is 355 g/mol. The van der Waals surface area contributed by atoms with Crippen LogP contribution in [0.1, 0.15) is 49.8 Å². The lowest BCUT2D eigenvalue weighted by molar-refractivity contribution is 0.161. The number of carbonyl (C=O) groups is 1. The van der Waals surface area contributed by atoms with Crippen molar-refractivity contribution < 1.29 is 9.53 Å². The van der Waals surface area contributed by atoms with Crippen LogP contribution in [0.15, 0.2) is 42.5 Å². The van der Waals surface area contributed by atoms with Gasteiger partial charge in [0.05, 0.1) is 6.61 Å². The molecule has 5 nitrogen and oxygen atoms in total. The summed E-state index contributed by atoms with van der Waals surface area (Å²) >= 11 is 0. The monoisotopic (exact) mass is 355 g/mol. The number of nitrogens with one attached hydrogen (secondary N) is 2. The molecule has 2 aromatic rings. The number of ether oxygens (including phenoxy) is 1. The van der Waals surface area contributed by atoms with Gasteiger partial charge in [0.1, 0.15) is 0 Å². The van der Waals surface area contributed by atoms with Crippen molar-refractivity contribution in [2.75, 3.05) is 17.2 Å². The van der Waals surface area contributed by atoms with Crippen LogP contribution in [-0.4, -0.2) is 12.7 Å². The highest BCUT2D eigenvalue weighted by Gasteiger charge is 2.08. The summed E-state index contributed by atoms with van der Waals surface area (Å²) in [4.78, 5) is 11.7. The molecule has 0 atom stereocenters. The molecule has 0 aromatic heterocycles. The Kier molecular flexibility index (Phi) is 7.48. The van der Waals surface area contributed by atoms with Crippen molar-refractivity contribution in [2.45, 2.75) is 46.2 Å². The molecule has 0 spiro atoms. The van der Waals surface area contributed by atoms with Gasteiger partial charge in [-0.2, -0.15) is 0 Å². The predicted molar refractivity (Wildman–Crippen MR) is 107 cm³/mol. The molecule has 4 N–H and O–H groups in total. The first-order valence-corrected chi connectivity index (χ1v) is 9.13. The smallest absolute Gasteiger partial charge is 0.411 e. The van der Waals surface area contributed by atoms with Crippen molar-refractivity contribution >= 4 is 17.5 Å². The van der Waals surface area contributed by atoms with E-state index >= 15 is 0 Å². The SMILES string of the molecule is CCCOC(=O)Nc1ccc(NCc2ccc(C(C)C)cc2)cc1CN. The minimum atomic E-state index is -0.451. The first-order chi connectivity index (χ1) is 12.5. The summed E-state index contributed by atoms with van der Waals surface area (Å²) in [6.07, 6.45) is 0.338. The lowest BCUT2D eigenvalue weighted by atomic mass is 10.0. The van der Waals surface area contributed by atoms with Gasteiger partial charge >= 0.3 is 6.09 Å². The fourth-order valence-corrected chi connectivity index (χ4v) is 2.56. The van der Waals surface area contributed by atoms with Crippen molar-refractivity contribution in [1.29, 1.82) is 0 Å². The van der Waals surface area contributed by atoms with Crippen LogP contribution in [0.2, 0.25) is 0 Å². The molecule has 2 rings (SSSR count). The standard InChI is InChI=1S/C21H29N3O2/c1-4-11-26-21(25)24-20-10-9-19(12-18(20)13-22)23-14-16-5-7-17(8-6-16)15(2)3/h5-10,12,15,23H,4,11,13-14,22H2,1-3H3,(H,24,25). The quantitative estimate of drug-likeness (QED) is 0.633. The number of nitrogens with two attached hydrogens (primary N) is 1. The van der Waals surface area contributed by atoms with Gasteiger partial charge in [-0.3, -0.25) is 5.32 Å². The maximum atomic E-state index is 11.7. The Balaban J connectivity index is 1.98. The fourth-order valence-electron chi connectivity index (χ4n) is 2.56. The number of rotatable bonds is 8. The third kappa shape index (κ3) is 5.77. The molecular weight excluding hydrogens is 326 g/mol. The molecule has 0 unspecified atom stereocenters. The molecule has 2 aromatic carbocycles. The molecule has 0 aliphatic carbocycles. The van der Waals surface area contributed by atoms with Crippen LogP contribution in [0, 0.1) is 0 Å². The van der Waals surface area contributed by atoms with Gasteiger partial charge in [-0.15, -0.1) is 0 Å². The van der Waals surface area contributed by atoms with Gasteiger partial charge < -0.3 is 15.8 Å². The maximum absolute atomic E-state index is 11.7. The van der Waals surface area contributed by atoms with Gasteiger partial charge in [-0.05, 0) is 47.2 Å². The van der Waals surface area contributed by atoms with Crippen LogP contribution >= 0.6 is 0 Å². The van der Waals surface area contributed by atoms with E-state index in [1.165, 1.54) is 11.1 Å². The summed E-state index contributed by atoms with van der Waals surface area (Å²) in [7, 11) is 0. The van der Waals surface area contributed by atoms with Gasteiger partial charge in [-0.1, -0.05) is 45.0 Å². The van der Waals surface area contributed by atoms with Crippen LogP contribution in [-0.2, 0) is 17.8 Å². The highest BCUT2D eigenvalue weighted by Crippen LogP contribution is 2.22. The number of amides is 1. The number of anilines is 2. The molecule has 0 saturated carbocycles. The summed E-state index contributed by atoms with van der Waals surface area (Å²) in [6.45, 7) is 7.80. The molecule has 5 heteroatoms. The Morgan fingerprint density at radius 2 is 1.88 bits per heavy atom. The van der Waals surface area contributed by atoms with Crippen molar-refractivity contribution in [3.63, 3.8) is 0 Å². The first-order valence-electron chi connectivity index (χ1n) is 9.13. The molecule has 140 valence electrons. The first kappa shape index (κ1) is 19.8. The van der Waals surface area contributed by atoms with Crippen molar-refractivity contribution in [3.05, 3.63) is 59.2 Å². The van der Waals surface area contributed by atoms with Crippen LogP contribution < -0.4 is 16.4 Å². The third-order valence-electron chi connectivity index (χ3n) is 4.14. The molecule has 0 radical (unpaired) electrons. The van der Waals surface area contributed by atoms with Crippen LogP contribution in [0.4, 0.5) is 16.2 Å². The maximum Gasteiger partial charge on any atom is 0.411 e. The zero-order valence-corrected chi connectivity index (χ0v) is 15.8. The largest absolute Gasteiger partial charge is 0.449 e. The normalized spacial score (nSPS) is 10.7. The summed E-state index contributed by atoms with van der Waals surface area (Å²) in [6, 6.07) is 14.4. The Bertz CT molecular complexity index is 712. The Morgan fingerprint density at radius 3 is 2.50 bits per heavy atom. The lowest BCUT2D eigenvalue weighted by Crippen LogP contribution is -2.16. The zero-order valence-electron chi connectivity index (χ0n) is 15.8. The summed E-state index contributed by atoms with van der Waals surface area (Å²) < 4.78 is 5.05. The van der Waals surface area contributed by atoms with Crippen molar-refractivity contribution in [3.8, 4) is 0 Å². The van der Waals surface area contributed by atoms with Gasteiger partial charge in [0.25, 0.3) is 0 Å². The van der Waals surface area contributed by atoms with Crippen LogP contribution in [0.25, 0.3) is 0 Å². The average Bonchev–Trinajstić information content (AvgIpc) is 2.65. The predicted octanol–water partition coefficient (Wildman–Crippen LogP) is 4.84. The molecular formula is C21H29N3O2. The second-order valence-electron chi connectivity index (χ2n) is 6.59. The van der Waals surface area contributed by atoms with E-state index in [9.17, 15) is 4.79 Å². The minimum Gasteiger partial charge on any atom is -0.449 e. The van der Waals surface area contributed by atoms with Crippen LogP contribution in [0.3, 0.4) is 0 Å². The van der Waals surface area contributed by atoms with E-state index in [2.05, 4.69) is 48.7 Å². The second-order valence-corrected chi connectivity index (χ2v) is 6.59. The van der Waals surface area contributed by atoms with Gasteiger partial charge in [0.15, 0.2) is 0 Å². The summed E-state index contributed by atoms with van der Waals surface area (Å²) in [5, 5.41) is 6.14. The Morgan fingerprint density at radius 1 is 1.15 bits per heavy atom. The molecule has 0 aliphatic heterocycles. The molecule has 0 saturated heterocycles. The van der Waals surface area contributed by atoms with E-state index < -0.39 is 6.09 Å². The minimum absolute atomic E-state index is 0.335. The Labute approximate surface area is 155 Å². The van der Waals surface area contributed by atoms with Crippen LogP contribution in [0.5, 0.6) is 0 Å². The van der Waals surface area contributed by atoms with Crippen molar-refractivity contribution in [2.24, 2.45) is 5.73 Å². The van der Waals surface area contributed by atoms with E-state index in [1.807, 2.05) is 25.1 Å². The molecule has 0 bridgehead atoms. The number of benzene rings is 2. The third-order valence-corrected chi connectivity index (χ3v) is 4.14. The number of hydrogen-bond donors (Lipinski definition) is 3. The van der Waals surface area contributed by atoms with Gasteiger partial charge in [0.2, 0.25) is 0 Å². The van der Waals surface area contributed by atoms with Gasteiger partial charge in [-0.25, -0.2) is 4.79 Å². The second kappa shape index (κ2) is 9.82. The molecule has 0 heterocycles. The van der Waals surface area contributed by atoms with Gasteiger partial charge in [0, 0.05) is 24.5 Å². The topological polar surface area (TPSA) is 76.4 Å². The van der Waals surface area contributed by atoms with E-state index in [0.717, 1.165) is 24.2 Å². The molecule has 0 aliphatic rings. The number of hydrogen-bond acceptors (Lipinski definition) is 4. The van der Waals surface area contributed by atoms with E-state index in [1.54, 1.807) is 0 Å². The van der Waals surface area contributed by atoms with E-state index in [0.29, 0.717) is 24.8 Å². The molecule has 1 amide bonds. The van der Waals surface area contributed by atoms with E-state index in [4.69, 9.17) is 10.5 Å².